The first-order valence-corrected chi connectivity index (χ1v) is 12.8. The van der Waals surface area contributed by atoms with Gasteiger partial charge in [0.1, 0.15) is 5.82 Å². The highest BCUT2D eigenvalue weighted by Crippen LogP contribution is 2.25. The maximum Gasteiger partial charge on any atom is 0.327 e. The summed E-state index contributed by atoms with van der Waals surface area (Å²) in [5.74, 6) is 1.30. The molecule has 2 fully saturated rings. The molecule has 12 nitrogen and oxygen atoms in total. The van der Waals surface area contributed by atoms with Crippen molar-refractivity contribution in [2.24, 2.45) is 0 Å². The molecule has 2 aromatic heterocycles. The number of carbonyl (C=O) groups excluding carboxylic acids is 2. The minimum atomic E-state index is -0.158. The number of imidazole rings is 1. The van der Waals surface area contributed by atoms with Crippen LogP contribution in [0.1, 0.15) is 51.7 Å². The van der Waals surface area contributed by atoms with Crippen LogP contribution in [-0.2, 0) is 11.5 Å². The average molecular weight is 511 g/mol. The number of anilines is 2. The Labute approximate surface area is 218 Å². The van der Waals surface area contributed by atoms with Crippen LogP contribution in [0.5, 0.6) is 0 Å². The molecule has 2 aromatic rings. The molecule has 4 heterocycles. The summed E-state index contributed by atoms with van der Waals surface area (Å²) < 4.78 is 2.05. The molecule has 0 saturated carbocycles. The fourth-order valence-electron chi connectivity index (χ4n) is 5.28. The molecule has 4 atom stereocenters. The lowest BCUT2D eigenvalue weighted by atomic mass is 10.1. The third kappa shape index (κ3) is 5.58. The number of hydrogen-bond acceptors (Lipinski definition) is 8. The Morgan fingerprint density at radius 3 is 2.57 bits per heavy atom. The number of aryl methyl sites for hydroxylation is 1. The van der Waals surface area contributed by atoms with Gasteiger partial charge in [-0.3, -0.25) is 14.6 Å². The van der Waals surface area contributed by atoms with Crippen LogP contribution >= 0.6 is 0 Å². The van der Waals surface area contributed by atoms with Gasteiger partial charge in [0, 0.05) is 45.0 Å². The monoisotopic (exact) mass is 510 g/mol. The minimum absolute atomic E-state index is 0.0208. The molecule has 0 radical (unpaired) electrons. The fraction of sp³-hybridized carbons (Fsp3) is 0.600. The van der Waals surface area contributed by atoms with E-state index >= 15 is 0 Å². The van der Waals surface area contributed by atoms with Gasteiger partial charge in [-0.25, -0.2) is 9.78 Å². The molecule has 2 saturated heterocycles. The second kappa shape index (κ2) is 10.8. The Bertz CT molecular complexity index is 1140. The van der Waals surface area contributed by atoms with Crippen molar-refractivity contribution in [2.75, 3.05) is 36.9 Å². The smallest absolute Gasteiger partial charge is 0.327 e. The van der Waals surface area contributed by atoms with Gasteiger partial charge in [-0.05, 0) is 40.2 Å². The van der Waals surface area contributed by atoms with E-state index < -0.39 is 0 Å². The van der Waals surface area contributed by atoms with Crippen LogP contribution in [0.3, 0.4) is 0 Å². The Morgan fingerprint density at radius 2 is 1.92 bits per heavy atom. The summed E-state index contributed by atoms with van der Waals surface area (Å²) in [6.45, 7) is 16.5. The summed E-state index contributed by atoms with van der Waals surface area (Å²) in [6, 6.07) is -0.0203. The van der Waals surface area contributed by atoms with Gasteiger partial charge in [0.2, 0.25) is 17.8 Å². The van der Waals surface area contributed by atoms with Crippen molar-refractivity contribution < 1.29 is 9.59 Å². The predicted molar refractivity (Wildman–Crippen MR) is 141 cm³/mol. The Hall–Kier alpha value is -3.54. The van der Waals surface area contributed by atoms with Gasteiger partial charge in [0.25, 0.3) is 0 Å². The average Bonchev–Trinajstić information content (AvgIpc) is 3.42. The van der Waals surface area contributed by atoms with Crippen LogP contribution in [0.15, 0.2) is 25.2 Å². The van der Waals surface area contributed by atoms with Crippen molar-refractivity contribution in [3.05, 3.63) is 36.7 Å². The number of aromatic nitrogens is 5. The first-order chi connectivity index (χ1) is 17.6. The summed E-state index contributed by atoms with van der Waals surface area (Å²) in [5.41, 5.74) is 0.851. The molecule has 12 heteroatoms. The topological polar surface area (TPSA) is 116 Å². The van der Waals surface area contributed by atoms with Gasteiger partial charge in [-0.2, -0.15) is 15.0 Å². The van der Waals surface area contributed by atoms with Gasteiger partial charge in [0.05, 0.1) is 30.8 Å². The first-order valence-electron chi connectivity index (χ1n) is 12.8. The normalized spacial score (nSPS) is 23.5. The molecule has 0 bridgehead atoms. The highest BCUT2D eigenvalue weighted by Gasteiger charge is 2.37. The molecule has 4 rings (SSSR count). The van der Waals surface area contributed by atoms with E-state index in [1.807, 2.05) is 28.9 Å². The largest absolute Gasteiger partial charge is 0.346 e. The van der Waals surface area contributed by atoms with E-state index in [9.17, 15) is 9.59 Å². The van der Waals surface area contributed by atoms with E-state index in [0.29, 0.717) is 30.9 Å². The summed E-state index contributed by atoms with van der Waals surface area (Å²) in [5, 5.41) is 3.32. The lowest BCUT2D eigenvalue weighted by Crippen LogP contribution is -2.58. The second-order valence-electron chi connectivity index (χ2n) is 10.1. The molecule has 0 aromatic carbocycles. The van der Waals surface area contributed by atoms with Gasteiger partial charge >= 0.3 is 6.03 Å². The van der Waals surface area contributed by atoms with E-state index in [1.54, 1.807) is 23.8 Å². The van der Waals surface area contributed by atoms with Crippen LogP contribution < -0.4 is 10.2 Å². The molecule has 37 heavy (non-hydrogen) atoms. The number of rotatable bonds is 8. The lowest BCUT2D eigenvalue weighted by molar-refractivity contribution is -0.134. The standard InChI is InChI=1S/C25H38N10O2/c1-8-20-12-31(7)25(37)35(20)24-29-19(6)28-23(30-24)27-18(5)21-13-33(14-26-21)15-32-10-16(3)34(17(4)11-32)22(36)9-2/h9,13-14,16-18,20H,2,8,10-12,15H2,1,3-7H3,(H,27,28,29,30)/t16?,17?,18-,20-/m0/s1. The summed E-state index contributed by atoms with van der Waals surface area (Å²) in [4.78, 5) is 50.5. The molecule has 0 spiro atoms. The zero-order valence-corrected chi connectivity index (χ0v) is 22.6. The Morgan fingerprint density at radius 1 is 1.22 bits per heavy atom. The minimum Gasteiger partial charge on any atom is -0.346 e. The van der Waals surface area contributed by atoms with Crippen molar-refractivity contribution in [1.82, 2.24) is 39.2 Å². The molecular weight excluding hydrogens is 472 g/mol. The Kier molecular flexibility index (Phi) is 7.76. The molecule has 1 N–H and O–H groups in total. The van der Waals surface area contributed by atoms with Gasteiger partial charge in [0.15, 0.2) is 0 Å². The number of nitrogens with zero attached hydrogens (tertiary/aromatic N) is 9. The van der Waals surface area contributed by atoms with Crippen molar-refractivity contribution >= 4 is 23.8 Å². The van der Waals surface area contributed by atoms with Crippen LogP contribution in [0, 0.1) is 6.92 Å². The SMILES string of the molecule is C=CC(=O)N1C(C)CN(Cn2cnc([C@H](C)Nc3nc(C)nc(N4C(=O)N(C)C[C@@H]4CC)n3)c2)CC1C. The highest BCUT2D eigenvalue weighted by molar-refractivity contribution is 5.93. The molecule has 2 aliphatic rings. The number of piperazine rings is 1. The van der Waals surface area contributed by atoms with E-state index in [4.69, 9.17) is 0 Å². The summed E-state index contributed by atoms with van der Waals surface area (Å²) in [7, 11) is 1.79. The number of amides is 3. The third-order valence-corrected chi connectivity index (χ3v) is 7.03. The quantitative estimate of drug-likeness (QED) is 0.538. The van der Waals surface area contributed by atoms with Crippen LogP contribution in [-0.4, -0.2) is 95.9 Å². The van der Waals surface area contributed by atoms with Crippen molar-refractivity contribution in [3.8, 4) is 0 Å². The van der Waals surface area contributed by atoms with E-state index in [2.05, 4.69) is 57.5 Å². The molecular formula is C25H38N10O2. The zero-order valence-electron chi connectivity index (χ0n) is 22.6. The second-order valence-corrected chi connectivity index (χ2v) is 10.1. The van der Waals surface area contributed by atoms with Gasteiger partial charge in [-0.15, -0.1) is 0 Å². The molecule has 2 aliphatic heterocycles. The highest BCUT2D eigenvalue weighted by atomic mass is 16.2. The van der Waals surface area contributed by atoms with Crippen LogP contribution in [0.4, 0.5) is 16.7 Å². The molecule has 200 valence electrons. The number of carbonyl (C=O) groups is 2. The maximum absolute atomic E-state index is 12.7. The van der Waals surface area contributed by atoms with Gasteiger partial charge < -0.3 is 19.7 Å². The van der Waals surface area contributed by atoms with Crippen LogP contribution in [0.25, 0.3) is 0 Å². The predicted octanol–water partition coefficient (Wildman–Crippen LogP) is 2.26. The molecule has 0 aliphatic carbocycles. The summed E-state index contributed by atoms with van der Waals surface area (Å²) >= 11 is 0. The Balaban J connectivity index is 1.42. The summed E-state index contributed by atoms with van der Waals surface area (Å²) in [6.07, 6.45) is 6.03. The zero-order chi connectivity index (χ0) is 26.9. The van der Waals surface area contributed by atoms with E-state index in [1.165, 1.54) is 6.08 Å². The van der Waals surface area contributed by atoms with Crippen LogP contribution in [0.2, 0.25) is 0 Å². The van der Waals surface area contributed by atoms with Crippen molar-refractivity contribution in [1.29, 1.82) is 0 Å². The molecule has 2 unspecified atom stereocenters. The number of urea groups is 1. The number of likely N-dealkylation sites (N-methyl/N-ethyl adjacent to an activating group) is 1. The maximum atomic E-state index is 12.7. The number of hydrogen-bond donors (Lipinski definition) is 1. The molecule has 3 amide bonds. The first kappa shape index (κ1) is 26.5. The van der Waals surface area contributed by atoms with Gasteiger partial charge in [-0.1, -0.05) is 13.5 Å². The fourth-order valence-corrected chi connectivity index (χ4v) is 5.28. The third-order valence-electron chi connectivity index (χ3n) is 7.03. The van der Waals surface area contributed by atoms with Crippen molar-refractivity contribution in [2.45, 2.75) is 71.9 Å². The lowest BCUT2D eigenvalue weighted by Gasteiger charge is -2.44. The number of nitrogens with one attached hydrogen (secondary N) is 1. The van der Waals surface area contributed by atoms with E-state index in [-0.39, 0.29) is 36.1 Å². The van der Waals surface area contributed by atoms with Crippen molar-refractivity contribution in [3.63, 3.8) is 0 Å². The van der Waals surface area contributed by atoms with E-state index in [0.717, 1.165) is 25.2 Å².